The smallest absolute Gasteiger partial charge is 0.156 e. The van der Waals surface area contributed by atoms with Crippen molar-refractivity contribution >= 4 is 11.5 Å². The van der Waals surface area contributed by atoms with Crippen LogP contribution in [0.15, 0.2) is 36.7 Å². The number of aromatic nitrogens is 3. The second-order valence-electron chi connectivity index (χ2n) is 7.73. The lowest BCUT2D eigenvalue weighted by Crippen LogP contribution is -2.04. The van der Waals surface area contributed by atoms with Crippen molar-refractivity contribution in [3.63, 3.8) is 0 Å². The molecular formula is C24H30N4O3. The Morgan fingerprint density at radius 3 is 2.74 bits per heavy atom. The summed E-state index contributed by atoms with van der Waals surface area (Å²) in [6.07, 6.45) is 8.36. The van der Waals surface area contributed by atoms with Crippen LogP contribution < -0.4 is 10.1 Å². The number of aryl methyl sites for hydroxylation is 1. The number of unbranched alkanes of at least 4 members (excludes halogenated alkanes) is 1. The Bertz CT molecular complexity index is 988. The van der Waals surface area contributed by atoms with Crippen LogP contribution in [0.5, 0.6) is 5.75 Å². The van der Waals surface area contributed by atoms with Gasteiger partial charge in [0.2, 0.25) is 0 Å². The van der Waals surface area contributed by atoms with Gasteiger partial charge in [0.1, 0.15) is 5.75 Å². The normalized spacial score (nSPS) is 11.9. The summed E-state index contributed by atoms with van der Waals surface area (Å²) < 4.78 is 16.5. The second-order valence-corrected chi connectivity index (χ2v) is 7.73. The number of H-pyrrole nitrogens is 1. The van der Waals surface area contributed by atoms with E-state index in [-0.39, 0.29) is 0 Å². The summed E-state index contributed by atoms with van der Waals surface area (Å²) in [5.74, 6) is 1.81. The molecule has 1 aliphatic rings. The van der Waals surface area contributed by atoms with Crippen LogP contribution in [-0.2, 0) is 22.3 Å². The molecule has 7 heteroatoms. The van der Waals surface area contributed by atoms with E-state index in [0.717, 1.165) is 61.7 Å². The molecule has 4 rings (SSSR count). The van der Waals surface area contributed by atoms with Crippen LogP contribution in [0.25, 0.3) is 11.3 Å². The van der Waals surface area contributed by atoms with Gasteiger partial charge in [0.25, 0.3) is 0 Å². The predicted molar refractivity (Wildman–Crippen MR) is 121 cm³/mol. The molecule has 1 aromatic carbocycles. The van der Waals surface area contributed by atoms with Gasteiger partial charge in [-0.2, -0.15) is 5.10 Å². The van der Waals surface area contributed by atoms with Crippen LogP contribution in [0.1, 0.15) is 36.0 Å². The highest BCUT2D eigenvalue weighted by Crippen LogP contribution is 2.42. The zero-order chi connectivity index (χ0) is 21.5. The van der Waals surface area contributed by atoms with Gasteiger partial charge >= 0.3 is 0 Å². The van der Waals surface area contributed by atoms with Gasteiger partial charge in [-0.1, -0.05) is 6.07 Å². The summed E-state index contributed by atoms with van der Waals surface area (Å²) in [5.41, 5.74) is 6.91. The van der Waals surface area contributed by atoms with Gasteiger partial charge in [-0.25, -0.2) is 0 Å². The molecule has 31 heavy (non-hydrogen) atoms. The van der Waals surface area contributed by atoms with Gasteiger partial charge in [0.05, 0.1) is 24.2 Å². The minimum Gasteiger partial charge on any atom is -0.493 e. The molecule has 1 aliphatic carbocycles. The van der Waals surface area contributed by atoms with E-state index in [1.54, 1.807) is 26.6 Å². The van der Waals surface area contributed by atoms with E-state index in [2.05, 4.69) is 32.6 Å². The van der Waals surface area contributed by atoms with Crippen LogP contribution in [-0.4, -0.2) is 49.2 Å². The second kappa shape index (κ2) is 10.4. The maximum Gasteiger partial charge on any atom is 0.156 e. The van der Waals surface area contributed by atoms with Gasteiger partial charge < -0.3 is 19.5 Å². The maximum atomic E-state index is 6.17. The van der Waals surface area contributed by atoms with Gasteiger partial charge in [-0.15, -0.1) is 0 Å². The largest absolute Gasteiger partial charge is 0.493 e. The van der Waals surface area contributed by atoms with Crippen molar-refractivity contribution in [2.45, 2.75) is 32.1 Å². The molecule has 0 radical (unpaired) electrons. The number of benzene rings is 1. The molecule has 0 unspecified atom stereocenters. The summed E-state index contributed by atoms with van der Waals surface area (Å²) in [4.78, 5) is 4.17. The Labute approximate surface area is 183 Å². The van der Waals surface area contributed by atoms with Crippen LogP contribution in [0.3, 0.4) is 0 Å². The Hall–Kier alpha value is -2.90. The van der Waals surface area contributed by atoms with Crippen molar-refractivity contribution in [3.8, 4) is 17.0 Å². The highest BCUT2D eigenvalue weighted by atomic mass is 16.5. The molecule has 0 amide bonds. The fourth-order valence-electron chi connectivity index (χ4n) is 3.96. The molecule has 2 aromatic heterocycles. The monoisotopic (exact) mass is 422 g/mol. The third kappa shape index (κ3) is 5.06. The first-order chi connectivity index (χ1) is 15.3. The first kappa shape index (κ1) is 21.3. The molecular weight excluding hydrogens is 392 g/mol. The Morgan fingerprint density at radius 1 is 1.06 bits per heavy atom. The summed E-state index contributed by atoms with van der Waals surface area (Å²) in [5, 5.41) is 11.1. The van der Waals surface area contributed by atoms with Crippen LogP contribution in [0.4, 0.5) is 11.5 Å². The van der Waals surface area contributed by atoms with Crippen molar-refractivity contribution in [3.05, 3.63) is 53.3 Å². The molecule has 164 valence electrons. The number of rotatable bonds is 12. The fourth-order valence-corrected chi connectivity index (χ4v) is 3.96. The lowest BCUT2D eigenvalue weighted by atomic mass is 10.0. The lowest BCUT2D eigenvalue weighted by molar-refractivity contribution is 0.171. The van der Waals surface area contributed by atoms with Crippen LogP contribution >= 0.6 is 0 Å². The first-order valence-electron chi connectivity index (χ1n) is 10.8. The summed E-state index contributed by atoms with van der Waals surface area (Å²) >= 11 is 0. The van der Waals surface area contributed by atoms with E-state index in [4.69, 9.17) is 14.2 Å². The van der Waals surface area contributed by atoms with Gasteiger partial charge in [0.15, 0.2) is 5.82 Å². The summed E-state index contributed by atoms with van der Waals surface area (Å²) in [6.45, 7) is 2.12. The number of fused-ring (bicyclic) bond motifs is 3. The molecule has 2 N–H and O–H groups in total. The van der Waals surface area contributed by atoms with Crippen molar-refractivity contribution in [1.82, 2.24) is 15.2 Å². The maximum absolute atomic E-state index is 6.17. The number of hydrogen-bond acceptors (Lipinski definition) is 6. The number of ether oxygens (including phenoxy) is 3. The van der Waals surface area contributed by atoms with Gasteiger partial charge in [-0.05, 0) is 48.6 Å². The van der Waals surface area contributed by atoms with E-state index >= 15 is 0 Å². The average molecular weight is 423 g/mol. The van der Waals surface area contributed by atoms with E-state index in [1.807, 2.05) is 12.1 Å². The molecule has 0 saturated carbocycles. The third-order valence-electron chi connectivity index (χ3n) is 5.51. The van der Waals surface area contributed by atoms with Crippen LogP contribution in [0.2, 0.25) is 0 Å². The molecule has 0 bridgehead atoms. The van der Waals surface area contributed by atoms with Gasteiger partial charge in [-0.3, -0.25) is 10.1 Å². The predicted octanol–water partition coefficient (Wildman–Crippen LogP) is 4.50. The summed E-state index contributed by atoms with van der Waals surface area (Å²) in [7, 11) is 3.46. The molecule has 2 heterocycles. The van der Waals surface area contributed by atoms with Crippen molar-refractivity contribution in [2.24, 2.45) is 0 Å². The lowest BCUT2D eigenvalue weighted by Gasteiger charge is -2.14. The van der Waals surface area contributed by atoms with Crippen molar-refractivity contribution in [2.75, 3.05) is 39.4 Å². The van der Waals surface area contributed by atoms with E-state index in [0.29, 0.717) is 13.2 Å². The number of nitrogens with one attached hydrogen (secondary N) is 2. The number of methoxy groups -OCH3 is 2. The molecule has 0 spiro atoms. The first-order valence-corrected chi connectivity index (χ1v) is 10.8. The Balaban J connectivity index is 1.55. The average Bonchev–Trinajstić information content (AvgIpc) is 3.34. The SMILES string of the molecule is COCCCCc1cc2c(cc1OCCCOC)-c1[nH]nc(Nc3cccnc3)c1C2. The zero-order valence-electron chi connectivity index (χ0n) is 18.2. The molecule has 0 aliphatic heterocycles. The van der Waals surface area contributed by atoms with Gasteiger partial charge in [0, 0.05) is 57.6 Å². The van der Waals surface area contributed by atoms with Crippen molar-refractivity contribution < 1.29 is 14.2 Å². The highest BCUT2D eigenvalue weighted by Gasteiger charge is 2.26. The number of pyridine rings is 1. The number of nitrogens with zero attached hydrogens (tertiary/aromatic N) is 2. The van der Waals surface area contributed by atoms with E-state index in [9.17, 15) is 0 Å². The number of hydrogen-bond donors (Lipinski definition) is 2. The quantitative estimate of drug-likeness (QED) is 0.327. The van der Waals surface area contributed by atoms with Crippen LogP contribution in [0, 0.1) is 0 Å². The minimum atomic E-state index is 0.640. The molecule has 0 atom stereocenters. The van der Waals surface area contributed by atoms with Crippen molar-refractivity contribution in [1.29, 1.82) is 0 Å². The number of anilines is 2. The fraction of sp³-hybridized carbons (Fsp3) is 0.417. The van der Waals surface area contributed by atoms with E-state index < -0.39 is 0 Å². The van der Waals surface area contributed by atoms with E-state index in [1.165, 1.54) is 22.3 Å². The molecule has 7 nitrogen and oxygen atoms in total. The minimum absolute atomic E-state index is 0.640. The molecule has 0 saturated heterocycles. The molecule has 0 fully saturated rings. The Kier molecular flexibility index (Phi) is 7.17. The highest BCUT2D eigenvalue weighted by molar-refractivity contribution is 5.81. The third-order valence-corrected chi connectivity index (χ3v) is 5.51. The Morgan fingerprint density at radius 2 is 1.94 bits per heavy atom. The molecule has 3 aromatic rings. The zero-order valence-corrected chi connectivity index (χ0v) is 18.2. The summed E-state index contributed by atoms with van der Waals surface area (Å²) in [6, 6.07) is 8.37. The number of aromatic amines is 1. The topological polar surface area (TPSA) is 81.3 Å². The standard InChI is InChI=1S/C24H30N4O3/c1-29-10-4-3-7-17-13-18-14-21-23(20(18)15-22(17)31-12-6-11-30-2)27-28-24(21)26-19-8-5-9-25-16-19/h5,8-9,13,15-16H,3-4,6-7,10-12,14H2,1-2H3,(H2,26,27,28).